The number of carbonyl (C=O) groups is 1. The third-order valence-electron chi connectivity index (χ3n) is 7.06. The highest BCUT2D eigenvalue weighted by molar-refractivity contribution is 6.29. The molecule has 0 saturated heterocycles. The van der Waals surface area contributed by atoms with Crippen LogP contribution in [-0.2, 0) is 17.6 Å². The molecule has 7 nitrogen and oxygen atoms in total. The quantitative estimate of drug-likeness (QED) is 0.450. The van der Waals surface area contributed by atoms with Crippen LogP contribution < -0.4 is 15.4 Å². The Morgan fingerprint density at radius 2 is 2.03 bits per heavy atom. The number of rotatable bonds is 8. The molecule has 1 aliphatic heterocycles. The second kappa shape index (κ2) is 10.6. The average Bonchev–Trinajstić information content (AvgIpc) is 2.73. The van der Waals surface area contributed by atoms with Gasteiger partial charge >= 0.3 is 0 Å². The van der Waals surface area contributed by atoms with E-state index in [0.717, 1.165) is 48.9 Å². The van der Waals surface area contributed by atoms with Crippen molar-refractivity contribution in [1.82, 2.24) is 20.6 Å². The topological polar surface area (TPSA) is 96.4 Å². The minimum absolute atomic E-state index is 0.0201. The van der Waals surface area contributed by atoms with E-state index in [4.69, 9.17) is 21.3 Å². The maximum Gasteiger partial charge on any atom is 0.218 e. The number of aliphatic hydroxyl groups is 1. The van der Waals surface area contributed by atoms with Gasteiger partial charge in [-0.3, -0.25) is 4.79 Å². The summed E-state index contributed by atoms with van der Waals surface area (Å²) in [6.45, 7) is 10.3. The molecule has 1 fully saturated rings. The van der Waals surface area contributed by atoms with Gasteiger partial charge in [0.2, 0.25) is 11.8 Å². The lowest BCUT2D eigenvalue weighted by atomic mass is 9.73. The van der Waals surface area contributed by atoms with Crippen LogP contribution in [0.25, 0.3) is 0 Å². The summed E-state index contributed by atoms with van der Waals surface area (Å²) in [5.41, 5.74) is 3.94. The molecule has 0 aromatic carbocycles. The zero-order chi connectivity index (χ0) is 26.1. The number of halogens is 1. The molecule has 3 N–H and O–H groups in total. The van der Waals surface area contributed by atoms with Crippen LogP contribution in [0.4, 0.5) is 0 Å². The minimum Gasteiger partial charge on any atom is -0.471 e. The van der Waals surface area contributed by atoms with Gasteiger partial charge in [-0.05, 0) is 73.8 Å². The first-order valence-electron chi connectivity index (χ1n) is 12.9. The Morgan fingerprint density at radius 1 is 1.28 bits per heavy atom. The first kappa shape index (κ1) is 26.8. The van der Waals surface area contributed by atoms with E-state index >= 15 is 0 Å². The maximum absolute atomic E-state index is 11.9. The van der Waals surface area contributed by atoms with Crippen molar-refractivity contribution in [3.8, 4) is 5.88 Å². The second-order valence-corrected chi connectivity index (χ2v) is 12.2. The lowest BCUT2D eigenvalue weighted by Crippen LogP contribution is -2.52. The van der Waals surface area contributed by atoms with Crippen LogP contribution in [0, 0.1) is 12.3 Å². The van der Waals surface area contributed by atoms with Crippen LogP contribution >= 0.6 is 11.6 Å². The summed E-state index contributed by atoms with van der Waals surface area (Å²) in [6, 6.07) is 5.47. The second-order valence-electron chi connectivity index (χ2n) is 11.8. The van der Waals surface area contributed by atoms with Gasteiger partial charge in [0, 0.05) is 43.4 Å². The summed E-state index contributed by atoms with van der Waals surface area (Å²) >= 11 is 6.14. The van der Waals surface area contributed by atoms with E-state index in [1.54, 1.807) is 6.07 Å². The Kier molecular flexibility index (Phi) is 7.93. The Balaban J connectivity index is 1.51. The fraction of sp³-hybridized carbons (Fsp3) is 0.607. The van der Waals surface area contributed by atoms with Gasteiger partial charge in [-0.15, -0.1) is 0 Å². The Morgan fingerprint density at radius 3 is 2.64 bits per heavy atom. The number of carbonyl (C=O) groups excluding carboxylic acids is 1. The van der Waals surface area contributed by atoms with Crippen molar-refractivity contribution >= 4 is 17.5 Å². The maximum atomic E-state index is 11.9. The fourth-order valence-corrected chi connectivity index (χ4v) is 5.64. The predicted molar refractivity (Wildman–Crippen MR) is 141 cm³/mol. The predicted octanol–water partition coefficient (Wildman–Crippen LogP) is 4.47. The van der Waals surface area contributed by atoms with Crippen LogP contribution in [0.1, 0.15) is 81.8 Å². The first-order chi connectivity index (χ1) is 16.9. The van der Waals surface area contributed by atoms with Crippen molar-refractivity contribution in [1.29, 1.82) is 0 Å². The lowest BCUT2D eigenvalue weighted by molar-refractivity contribution is -0.120. The number of amides is 1. The number of hydrogen-bond acceptors (Lipinski definition) is 6. The number of nitrogens with zero attached hydrogens (tertiary/aromatic N) is 2. The molecule has 8 heteroatoms. The molecule has 1 saturated carbocycles. The largest absolute Gasteiger partial charge is 0.471 e. The number of ether oxygens (including phenoxy) is 1. The van der Waals surface area contributed by atoms with Gasteiger partial charge in [-0.25, -0.2) is 9.97 Å². The first-order valence-corrected chi connectivity index (χ1v) is 13.3. The molecule has 3 heterocycles. The van der Waals surface area contributed by atoms with E-state index in [1.165, 1.54) is 12.5 Å². The third kappa shape index (κ3) is 6.75. The van der Waals surface area contributed by atoms with Gasteiger partial charge in [-0.1, -0.05) is 32.4 Å². The van der Waals surface area contributed by atoms with E-state index < -0.39 is 12.1 Å². The fourth-order valence-electron chi connectivity index (χ4n) is 5.36. The van der Waals surface area contributed by atoms with Crippen LogP contribution in [0.15, 0.2) is 24.4 Å². The zero-order valence-electron chi connectivity index (χ0n) is 22.0. The number of hydrogen-bond donors (Lipinski definition) is 3. The van der Waals surface area contributed by atoms with E-state index in [-0.39, 0.29) is 23.0 Å². The van der Waals surface area contributed by atoms with Crippen LogP contribution in [0.3, 0.4) is 0 Å². The van der Waals surface area contributed by atoms with Gasteiger partial charge in [0.05, 0.1) is 12.1 Å². The van der Waals surface area contributed by atoms with Crippen molar-refractivity contribution in [2.45, 2.75) is 96.9 Å². The highest BCUT2D eigenvalue weighted by atomic mass is 35.5. The van der Waals surface area contributed by atoms with Crippen LogP contribution in [0.5, 0.6) is 5.88 Å². The smallest absolute Gasteiger partial charge is 0.218 e. The molecule has 2 aromatic heterocycles. The number of aryl methyl sites for hydroxylation is 1. The molecule has 1 aliphatic carbocycles. The van der Waals surface area contributed by atoms with Gasteiger partial charge in [0.1, 0.15) is 10.8 Å². The van der Waals surface area contributed by atoms with Crippen molar-refractivity contribution in [2.24, 2.45) is 5.41 Å². The summed E-state index contributed by atoms with van der Waals surface area (Å²) in [5.74, 6) is 0.516. The van der Waals surface area contributed by atoms with Crippen molar-refractivity contribution < 1.29 is 14.6 Å². The molecule has 3 atom stereocenters. The van der Waals surface area contributed by atoms with Crippen molar-refractivity contribution in [2.75, 3.05) is 6.54 Å². The Hall–Kier alpha value is -2.22. The van der Waals surface area contributed by atoms with Crippen molar-refractivity contribution in [3.05, 3.63) is 51.9 Å². The molecule has 0 bridgehead atoms. The summed E-state index contributed by atoms with van der Waals surface area (Å²) < 4.78 is 6.39. The molecule has 1 amide bonds. The summed E-state index contributed by atoms with van der Waals surface area (Å²) in [5, 5.41) is 18.1. The highest BCUT2D eigenvalue weighted by Gasteiger charge is 2.46. The zero-order valence-corrected chi connectivity index (χ0v) is 22.8. The number of fused-ring (bicyclic) bond motifs is 1. The minimum atomic E-state index is -0.796. The van der Waals surface area contributed by atoms with E-state index in [9.17, 15) is 9.90 Å². The van der Waals surface area contributed by atoms with E-state index in [2.05, 4.69) is 42.5 Å². The molecule has 0 radical (unpaired) electrons. The lowest BCUT2D eigenvalue weighted by Gasteiger charge is -2.47. The molecular weight excluding hydrogens is 476 g/mol. The molecular formula is C28H39ClN4O3. The highest BCUT2D eigenvalue weighted by Crippen LogP contribution is 2.48. The average molecular weight is 515 g/mol. The molecule has 0 unspecified atom stereocenters. The van der Waals surface area contributed by atoms with Gasteiger partial charge < -0.3 is 20.5 Å². The summed E-state index contributed by atoms with van der Waals surface area (Å²) in [6.07, 6.45) is 6.56. The van der Waals surface area contributed by atoms with E-state index in [0.29, 0.717) is 24.0 Å². The Labute approximate surface area is 219 Å². The Bertz CT molecular complexity index is 1080. The number of pyridine rings is 2. The van der Waals surface area contributed by atoms with E-state index in [1.807, 2.05) is 19.2 Å². The normalized spacial score (nSPS) is 20.1. The summed E-state index contributed by atoms with van der Waals surface area (Å²) in [7, 11) is 0. The molecule has 2 aliphatic rings. The number of aliphatic hydroxyl groups excluding tert-OH is 1. The number of nitrogens with one attached hydrogen (secondary N) is 2. The van der Waals surface area contributed by atoms with Crippen LogP contribution in [-0.4, -0.2) is 45.3 Å². The number of aromatic nitrogens is 2. The van der Waals surface area contributed by atoms with Crippen LogP contribution in [0.2, 0.25) is 5.15 Å². The molecule has 2 aromatic rings. The molecule has 36 heavy (non-hydrogen) atoms. The summed E-state index contributed by atoms with van der Waals surface area (Å²) in [4.78, 5) is 20.8. The van der Waals surface area contributed by atoms with Gasteiger partial charge in [0.15, 0.2) is 0 Å². The third-order valence-corrected chi connectivity index (χ3v) is 7.26. The van der Waals surface area contributed by atoms with Crippen molar-refractivity contribution in [3.63, 3.8) is 0 Å². The SMILES string of the molecule is CC(=O)N[C@@H](Cc1cc(C)nc(Cl)c1)[C@@H](O)CN[C@H]1CC2(CCC2)Oc2ncc(CC(C)(C)C)cc21. The molecule has 196 valence electrons. The van der Waals surface area contributed by atoms with Gasteiger partial charge in [0.25, 0.3) is 0 Å². The monoisotopic (exact) mass is 514 g/mol. The standard InChI is InChI=1S/C28H39ClN4O3/c1-17-9-19(12-25(29)32-17)11-22(33-18(2)34)24(35)16-30-23-14-28(7-6-8-28)36-26-21(23)10-20(15-31-26)13-27(3,4)5/h9-10,12,15,22-24,30,35H,6-8,11,13-14,16H2,1-5H3,(H,33,34)/t22-,23-,24-/m0/s1. The molecule has 4 rings (SSSR count). The molecule has 1 spiro atoms. The van der Waals surface area contributed by atoms with Gasteiger partial charge in [-0.2, -0.15) is 0 Å².